The van der Waals surface area contributed by atoms with Crippen molar-refractivity contribution in [3.8, 4) is 5.75 Å². The summed E-state index contributed by atoms with van der Waals surface area (Å²) in [6.07, 6.45) is 1.56. The third-order valence-corrected chi connectivity index (χ3v) is 4.84. The van der Waals surface area contributed by atoms with E-state index in [-0.39, 0.29) is 15.6 Å². The molecule has 0 radical (unpaired) electrons. The lowest BCUT2D eigenvalue weighted by Crippen LogP contribution is -2.28. The number of carbonyl (C=O) groups excluding carboxylic acids is 2. The van der Waals surface area contributed by atoms with Crippen LogP contribution >= 0.6 is 24.0 Å². The van der Waals surface area contributed by atoms with Gasteiger partial charge in [-0.15, -0.1) is 0 Å². The highest BCUT2D eigenvalue weighted by Crippen LogP contribution is 2.36. The molecule has 1 saturated heterocycles. The second kappa shape index (κ2) is 7.85. The Morgan fingerprint density at radius 1 is 1.22 bits per heavy atom. The number of carboxylic acid groups (broad SMARTS) is 1. The summed E-state index contributed by atoms with van der Waals surface area (Å²) in [7, 11) is 0. The van der Waals surface area contributed by atoms with E-state index in [1.165, 1.54) is 47.4 Å². The zero-order valence-corrected chi connectivity index (χ0v) is 15.1. The second-order valence-corrected chi connectivity index (χ2v) is 6.98. The number of amides is 1. The average molecular weight is 406 g/mol. The largest absolute Gasteiger partial charge is 0.545 e. The molecule has 0 unspecified atom stereocenters. The van der Waals surface area contributed by atoms with E-state index in [4.69, 9.17) is 12.2 Å². The van der Waals surface area contributed by atoms with Crippen molar-refractivity contribution in [3.63, 3.8) is 0 Å². The number of hydrogen-bond donors (Lipinski definition) is 0. The SMILES string of the molecule is O=C([O-])c1cccc(N2C(=O)/C(=C/c3ccc(OC(F)F)cc3)SC2=S)c1. The lowest BCUT2D eigenvalue weighted by atomic mass is 10.2. The summed E-state index contributed by atoms with van der Waals surface area (Å²) in [5.41, 5.74) is 0.851. The molecular formula is C18H10F2NO4S2-. The van der Waals surface area contributed by atoms with E-state index >= 15 is 0 Å². The van der Waals surface area contributed by atoms with Gasteiger partial charge in [0.15, 0.2) is 4.32 Å². The molecule has 9 heteroatoms. The number of halogens is 2. The van der Waals surface area contributed by atoms with Crippen molar-refractivity contribution in [1.82, 2.24) is 0 Å². The molecule has 1 fully saturated rings. The predicted molar refractivity (Wildman–Crippen MR) is 99.5 cm³/mol. The number of benzene rings is 2. The normalized spacial score (nSPS) is 15.7. The van der Waals surface area contributed by atoms with Crippen LogP contribution in [0.4, 0.5) is 14.5 Å². The smallest absolute Gasteiger partial charge is 0.387 e. The number of thiocarbonyl (C=S) groups is 1. The Bertz CT molecular complexity index is 945. The van der Waals surface area contributed by atoms with Crippen LogP contribution in [0, 0.1) is 0 Å². The minimum absolute atomic E-state index is 0.00814. The van der Waals surface area contributed by atoms with Gasteiger partial charge < -0.3 is 14.6 Å². The Balaban J connectivity index is 1.84. The van der Waals surface area contributed by atoms with Crippen LogP contribution in [0.2, 0.25) is 0 Å². The van der Waals surface area contributed by atoms with Gasteiger partial charge in [-0.2, -0.15) is 8.78 Å². The van der Waals surface area contributed by atoms with Crippen LogP contribution in [0.25, 0.3) is 6.08 Å². The molecule has 1 heterocycles. The van der Waals surface area contributed by atoms with Crippen LogP contribution < -0.4 is 14.7 Å². The number of carbonyl (C=O) groups is 2. The van der Waals surface area contributed by atoms with Gasteiger partial charge in [0.25, 0.3) is 5.91 Å². The van der Waals surface area contributed by atoms with Crippen LogP contribution in [-0.4, -0.2) is 22.8 Å². The first-order valence-corrected chi connectivity index (χ1v) is 8.72. The van der Waals surface area contributed by atoms with Crippen LogP contribution in [-0.2, 0) is 4.79 Å². The number of rotatable bonds is 5. The van der Waals surface area contributed by atoms with Crippen molar-refractivity contribution in [3.05, 3.63) is 64.6 Å². The molecule has 1 amide bonds. The summed E-state index contributed by atoms with van der Waals surface area (Å²) in [6.45, 7) is -2.91. The van der Waals surface area contributed by atoms with Gasteiger partial charge in [-0.1, -0.05) is 48.2 Å². The zero-order valence-electron chi connectivity index (χ0n) is 13.4. The molecule has 2 aromatic rings. The maximum Gasteiger partial charge on any atom is 0.387 e. The minimum atomic E-state index is -2.91. The number of hydrogen-bond acceptors (Lipinski definition) is 6. The van der Waals surface area contributed by atoms with Crippen molar-refractivity contribution in [2.45, 2.75) is 6.61 Å². The number of nitrogens with zero attached hydrogens (tertiary/aromatic N) is 1. The van der Waals surface area contributed by atoms with E-state index in [1.54, 1.807) is 12.1 Å². The molecule has 0 saturated carbocycles. The Hall–Kier alpha value is -2.78. The molecule has 0 spiro atoms. The number of aromatic carboxylic acids is 1. The molecular weight excluding hydrogens is 396 g/mol. The monoisotopic (exact) mass is 406 g/mol. The van der Waals surface area contributed by atoms with Crippen LogP contribution in [0.5, 0.6) is 5.75 Å². The predicted octanol–water partition coefficient (Wildman–Crippen LogP) is 3.06. The highest BCUT2D eigenvalue weighted by molar-refractivity contribution is 8.27. The van der Waals surface area contributed by atoms with Crippen LogP contribution in [0.15, 0.2) is 53.4 Å². The van der Waals surface area contributed by atoms with Gasteiger partial charge in [0.1, 0.15) is 5.75 Å². The summed E-state index contributed by atoms with van der Waals surface area (Å²) in [6, 6.07) is 11.5. The van der Waals surface area contributed by atoms with Crippen molar-refractivity contribution in [2.75, 3.05) is 4.90 Å². The highest BCUT2D eigenvalue weighted by atomic mass is 32.2. The maximum absolute atomic E-state index is 12.7. The summed E-state index contributed by atoms with van der Waals surface area (Å²) < 4.78 is 28.9. The second-order valence-electron chi connectivity index (χ2n) is 5.30. The third kappa shape index (κ3) is 4.32. The van der Waals surface area contributed by atoms with Gasteiger partial charge in [-0.3, -0.25) is 9.69 Å². The van der Waals surface area contributed by atoms with Crippen molar-refractivity contribution >= 4 is 51.9 Å². The fourth-order valence-electron chi connectivity index (χ4n) is 2.36. The quantitative estimate of drug-likeness (QED) is 0.562. The first-order chi connectivity index (χ1) is 12.8. The standard InChI is InChI=1S/C18H11F2NO4S2/c19-17(20)25-13-6-4-10(5-7-13)8-14-15(22)21(18(26)27-14)12-3-1-2-11(9-12)16(23)24/h1-9,17H,(H,23,24)/p-1/b14-8-. The molecule has 1 aliphatic heterocycles. The number of thioether (sulfide) groups is 1. The van der Waals surface area contributed by atoms with E-state index in [9.17, 15) is 23.5 Å². The van der Waals surface area contributed by atoms with Crippen LogP contribution in [0.1, 0.15) is 15.9 Å². The van der Waals surface area contributed by atoms with Crippen molar-refractivity contribution < 1.29 is 28.2 Å². The molecule has 1 aliphatic rings. The van der Waals surface area contributed by atoms with E-state index in [1.807, 2.05) is 0 Å². The topological polar surface area (TPSA) is 69.7 Å². The van der Waals surface area contributed by atoms with E-state index in [0.29, 0.717) is 16.2 Å². The van der Waals surface area contributed by atoms with E-state index < -0.39 is 18.5 Å². The molecule has 0 atom stereocenters. The van der Waals surface area contributed by atoms with E-state index in [0.717, 1.165) is 11.8 Å². The molecule has 0 aliphatic carbocycles. The average Bonchev–Trinajstić information content (AvgIpc) is 2.90. The lowest BCUT2D eigenvalue weighted by Gasteiger charge is -2.15. The first-order valence-electron chi connectivity index (χ1n) is 7.49. The molecule has 138 valence electrons. The minimum Gasteiger partial charge on any atom is -0.545 e. The maximum atomic E-state index is 12.7. The Morgan fingerprint density at radius 2 is 1.93 bits per heavy atom. The first kappa shape index (κ1) is 19.0. The fraction of sp³-hybridized carbons (Fsp3) is 0.0556. The fourth-order valence-corrected chi connectivity index (χ4v) is 3.66. The summed E-state index contributed by atoms with van der Waals surface area (Å²) >= 11 is 6.29. The van der Waals surface area contributed by atoms with Gasteiger partial charge in [0, 0.05) is 0 Å². The molecule has 2 aromatic carbocycles. The molecule has 0 aromatic heterocycles. The third-order valence-electron chi connectivity index (χ3n) is 3.54. The molecule has 3 rings (SSSR count). The summed E-state index contributed by atoms with van der Waals surface area (Å²) in [5.74, 6) is -1.76. The van der Waals surface area contributed by atoms with Gasteiger partial charge in [-0.05, 0) is 41.5 Å². The Labute approximate surface area is 162 Å². The number of anilines is 1. The summed E-state index contributed by atoms with van der Waals surface area (Å²) in [5, 5.41) is 11.0. The number of ether oxygens (including phenoxy) is 1. The van der Waals surface area contributed by atoms with Gasteiger partial charge in [0.05, 0.1) is 16.6 Å². The van der Waals surface area contributed by atoms with Gasteiger partial charge in [0.2, 0.25) is 0 Å². The van der Waals surface area contributed by atoms with Gasteiger partial charge in [-0.25, -0.2) is 0 Å². The molecule has 27 heavy (non-hydrogen) atoms. The number of alkyl halides is 2. The Kier molecular flexibility index (Phi) is 5.52. The highest BCUT2D eigenvalue weighted by Gasteiger charge is 2.33. The number of carboxylic acids is 1. The zero-order chi connectivity index (χ0) is 19.6. The molecule has 5 nitrogen and oxygen atoms in total. The Morgan fingerprint density at radius 3 is 2.56 bits per heavy atom. The summed E-state index contributed by atoms with van der Waals surface area (Å²) in [4.78, 5) is 25.2. The molecule has 0 N–H and O–H groups in total. The van der Waals surface area contributed by atoms with Gasteiger partial charge >= 0.3 is 6.61 Å². The van der Waals surface area contributed by atoms with Crippen molar-refractivity contribution in [2.24, 2.45) is 0 Å². The van der Waals surface area contributed by atoms with Crippen LogP contribution in [0.3, 0.4) is 0 Å². The van der Waals surface area contributed by atoms with E-state index in [2.05, 4.69) is 4.74 Å². The lowest BCUT2D eigenvalue weighted by molar-refractivity contribution is -0.255. The molecule has 0 bridgehead atoms. The van der Waals surface area contributed by atoms with Crippen molar-refractivity contribution in [1.29, 1.82) is 0 Å².